The number of rotatable bonds is 7. The second kappa shape index (κ2) is 9.35. The molecule has 2 aromatic rings. The summed E-state index contributed by atoms with van der Waals surface area (Å²) in [6.07, 6.45) is 0.841. The van der Waals surface area contributed by atoms with Crippen molar-refractivity contribution in [3.05, 3.63) is 59.7 Å². The highest BCUT2D eigenvalue weighted by molar-refractivity contribution is 6.00. The van der Waals surface area contributed by atoms with Crippen LogP contribution in [0.25, 0.3) is 0 Å². The molecule has 1 N–H and O–H groups in total. The summed E-state index contributed by atoms with van der Waals surface area (Å²) in [5.74, 6) is -1.86. The zero-order chi connectivity index (χ0) is 21.7. The van der Waals surface area contributed by atoms with E-state index in [-0.39, 0.29) is 24.7 Å². The highest BCUT2D eigenvalue weighted by Crippen LogP contribution is 2.29. The van der Waals surface area contributed by atoms with E-state index in [0.717, 1.165) is 17.7 Å². The summed E-state index contributed by atoms with van der Waals surface area (Å²) < 4.78 is 5.13. The minimum Gasteiger partial charge on any atom is -0.455 e. The average Bonchev–Trinajstić information content (AvgIpc) is 3.14. The Balaban J connectivity index is 1.53. The van der Waals surface area contributed by atoms with Gasteiger partial charge in [-0.15, -0.1) is 0 Å². The third-order valence-corrected chi connectivity index (χ3v) is 5.04. The number of anilines is 2. The fourth-order valence-corrected chi connectivity index (χ4v) is 3.41. The predicted molar refractivity (Wildman–Crippen MR) is 112 cm³/mol. The van der Waals surface area contributed by atoms with E-state index in [1.165, 1.54) is 6.92 Å². The SMILES string of the molecule is CCc1ccccc1N1C[C@@H](C(=O)OCC(=O)Nc2ccc(C(C)=O)cc2)CC1=O. The van der Waals surface area contributed by atoms with Crippen LogP contribution in [0.15, 0.2) is 48.5 Å². The first kappa shape index (κ1) is 21.2. The molecule has 3 rings (SSSR count). The maximum Gasteiger partial charge on any atom is 0.311 e. The van der Waals surface area contributed by atoms with Crippen molar-refractivity contribution in [2.75, 3.05) is 23.4 Å². The summed E-state index contributed by atoms with van der Waals surface area (Å²) in [4.78, 5) is 49.8. The fraction of sp³-hybridized carbons (Fsp3) is 0.304. The summed E-state index contributed by atoms with van der Waals surface area (Å²) in [6, 6.07) is 14.0. The average molecular weight is 408 g/mol. The van der Waals surface area contributed by atoms with Crippen molar-refractivity contribution in [3.63, 3.8) is 0 Å². The van der Waals surface area contributed by atoms with E-state index in [4.69, 9.17) is 4.74 Å². The lowest BCUT2D eigenvalue weighted by molar-refractivity contribution is -0.151. The van der Waals surface area contributed by atoms with E-state index in [1.54, 1.807) is 29.2 Å². The molecule has 0 aliphatic carbocycles. The molecular weight excluding hydrogens is 384 g/mol. The Hall–Kier alpha value is -3.48. The van der Waals surface area contributed by atoms with E-state index in [1.807, 2.05) is 31.2 Å². The number of carbonyl (C=O) groups is 4. The van der Waals surface area contributed by atoms with Crippen LogP contribution >= 0.6 is 0 Å². The first-order chi connectivity index (χ1) is 14.4. The number of aryl methyl sites for hydroxylation is 1. The Labute approximate surface area is 175 Å². The van der Waals surface area contributed by atoms with Gasteiger partial charge in [-0.1, -0.05) is 25.1 Å². The maximum absolute atomic E-state index is 12.4. The van der Waals surface area contributed by atoms with Crippen molar-refractivity contribution in [1.82, 2.24) is 0 Å². The molecule has 0 unspecified atom stereocenters. The number of esters is 1. The topological polar surface area (TPSA) is 92.8 Å². The number of hydrogen-bond donors (Lipinski definition) is 1. The molecule has 2 aromatic carbocycles. The monoisotopic (exact) mass is 408 g/mol. The van der Waals surface area contributed by atoms with Gasteiger partial charge in [-0.3, -0.25) is 19.2 Å². The highest BCUT2D eigenvalue weighted by atomic mass is 16.5. The molecule has 2 amide bonds. The standard InChI is InChI=1S/C23H24N2O5/c1-3-16-6-4-5-7-20(16)25-13-18(12-22(25)28)23(29)30-14-21(27)24-19-10-8-17(9-11-19)15(2)26/h4-11,18H,3,12-14H2,1-2H3,(H,24,27)/t18-/m0/s1. The molecule has 7 heteroatoms. The van der Waals surface area contributed by atoms with Gasteiger partial charge >= 0.3 is 5.97 Å². The number of hydrogen-bond acceptors (Lipinski definition) is 5. The molecular formula is C23H24N2O5. The molecule has 0 saturated carbocycles. The van der Waals surface area contributed by atoms with Crippen LogP contribution < -0.4 is 10.2 Å². The zero-order valence-corrected chi connectivity index (χ0v) is 17.0. The molecule has 0 radical (unpaired) electrons. The lowest BCUT2D eigenvalue weighted by Gasteiger charge is -2.19. The third-order valence-electron chi connectivity index (χ3n) is 5.04. The third kappa shape index (κ3) is 4.92. The van der Waals surface area contributed by atoms with Crippen LogP contribution in [0.5, 0.6) is 0 Å². The van der Waals surface area contributed by atoms with Gasteiger partial charge in [-0.05, 0) is 49.2 Å². The highest BCUT2D eigenvalue weighted by Gasteiger charge is 2.37. The molecule has 1 aliphatic rings. The smallest absolute Gasteiger partial charge is 0.311 e. The molecule has 1 heterocycles. The molecule has 1 saturated heterocycles. The number of nitrogens with one attached hydrogen (secondary N) is 1. The molecule has 1 fully saturated rings. The lowest BCUT2D eigenvalue weighted by atomic mass is 10.1. The van der Waals surface area contributed by atoms with Gasteiger partial charge in [-0.2, -0.15) is 0 Å². The van der Waals surface area contributed by atoms with Crippen molar-refractivity contribution >= 4 is 34.9 Å². The summed E-state index contributed by atoms with van der Waals surface area (Å²) in [5.41, 5.74) is 2.89. The minimum atomic E-state index is -0.606. The van der Waals surface area contributed by atoms with Crippen molar-refractivity contribution in [2.24, 2.45) is 5.92 Å². The second-order valence-corrected chi connectivity index (χ2v) is 7.18. The van der Waals surface area contributed by atoms with Gasteiger partial charge in [0.05, 0.1) is 5.92 Å². The number of nitrogens with zero attached hydrogens (tertiary/aromatic N) is 1. The normalized spacial score (nSPS) is 15.7. The number of amides is 2. The maximum atomic E-state index is 12.4. The molecule has 30 heavy (non-hydrogen) atoms. The number of Topliss-reactive ketones (excluding diaryl/α,β-unsaturated/α-hetero) is 1. The number of para-hydroxylation sites is 1. The van der Waals surface area contributed by atoms with E-state index >= 15 is 0 Å². The number of ketones is 1. The van der Waals surface area contributed by atoms with Crippen LogP contribution in [0.4, 0.5) is 11.4 Å². The van der Waals surface area contributed by atoms with E-state index in [0.29, 0.717) is 11.3 Å². The van der Waals surface area contributed by atoms with E-state index in [9.17, 15) is 19.2 Å². The minimum absolute atomic E-state index is 0.0605. The van der Waals surface area contributed by atoms with Gasteiger partial charge in [0, 0.05) is 29.9 Å². The van der Waals surface area contributed by atoms with Crippen molar-refractivity contribution in [2.45, 2.75) is 26.7 Å². The Kier molecular flexibility index (Phi) is 6.61. The van der Waals surface area contributed by atoms with Crippen molar-refractivity contribution in [3.8, 4) is 0 Å². The zero-order valence-electron chi connectivity index (χ0n) is 17.0. The van der Waals surface area contributed by atoms with Crippen molar-refractivity contribution in [1.29, 1.82) is 0 Å². The van der Waals surface area contributed by atoms with E-state index < -0.39 is 24.4 Å². The van der Waals surface area contributed by atoms with Crippen LogP contribution in [-0.4, -0.2) is 36.7 Å². The molecule has 0 spiro atoms. The predicted octanol–water partition coefficient (Wildman–Crippen LogP) is 2.99. The second-order valence-electron chi connectivity index (χ2n) is 7.18. The molecule has 1 atom stereocenters. The summed E-state index contributed by atoms with van der Waals surface area (Å²) in [5, 5.41) is 2.61. The van der Waals surface area contributed by atoms with Gasteiger partial charge in [0.25, 0.3) is 5.91 Å². The Morgan fingerprint density at radius 3 is 2.47 bits per heavy atom. The first-order valence-electron chi connectivity index (χ1n) is 9.84. The molecule has 0 bridgehead atoms. The Morgan fingerprint density at radius 1 is 1.10 bits per heavy atom. The first-order valence-corrected chi connectivity index (χ1v) is 9.84. The van der Waals surface area contributed by atoms with Crippen LogP contribution in [0, 0.1) is 5.92 Å². The molecule has 7 nitrogen and oxygen atoms in total. The number of ether oxygens (including phenoxy) is 1. The summed E-state index contributed by atoms with van der Waals surface area (Å²) >= 11 is 0. The number of carbonyl (C=O) groups excluding carboxylic acids is 4. The van der Waals surface area contributed by atoms with Gasteiger partial charge in [0.2, 0.25) is 5.91 Å². The van der Waals surface area contributed by atoms with Crippen molar-refractivity contribution < 1.29 is 23.9 Å². The molecule has 0 aromatic heterocycles. The summed E-state index contributed by atoms with van der Waals surface area (Å²) in [6.45, 7) is 3.27. The van der Waals surface area contributed by atoms with Gasteiger partial charge in [-0.25, -0.2) is 0 Å². The van der Waals surface area contributed by atoms with Crippen LogP contribution in [0.3, 0.4) is 0 Å². The van der Waals surface area contributed by atoms with Crippen LogP contribution in [0.2, 0.25) is 0 Å². The van der Waals surface area contributed by atoms with Crippen LogP contribution in [-0.2, 0) is 25.5 Å². The molecule has 1 aliphatic heterocycles. The van der Waals surface area contributed by atoms with Crippen LogP contribution in [0.1, 0.15) is 36.2 Å². The largest absolute Gasteiger partial charge is 0.455 e. The van der Waals surface area contributed by atoms with Gasteiger partial charge < -0.3 is 15.0 Å². The number of benzene rings is 2. The Morgan fingerprint density at radius 2 is 1.80 bits per heavy atom. The quantitative estimate of drug-likeness (QED) is 0.562. The molecule has 156 valence electrons. The Bertz CT molecular complexity index is 968. The van der Waals surface area contributed by atoms with E-state index in [2.05, 4.69) is 5.32 Å². The fourth-order valence-electron chi connectivity index (χ4n) is 3.41. The lowest BCUT2D eigenvalue weighted by Crippen LogP contribution is -2.28. The van der Waals surface area contributed by atoms with Gasteiger partial charge in [0.1, 0.15) is 0 Å². The summed E-state index contributed by atoms with van der Waals surface area (Å²) in [7, 11) is 0. The van der Waals surface area contributed by atoms with Gasteiger partial charge in [0.15, 0.2) is 12.4 Å².